The standard InChI is InChI=1S/C8H5Cl2F2N/c1-2-4-5(9)3-6(10)13-7(4)8(11)12/h2-3,8H,1H2. The molecule has 0 saturated carbocycles. The molecule has 0 aromatic carbocycles. The fourth-order valence-corrected chi connectivity index (χ4v) is 1.41. The first-order chi connectivity index (χ1) is 6.06. The van der Waals surface area contributed by atoms with Crippen LogP contribution in [0.3, 0.4) is 0 Å². The highest BCUT2D eigenvalue weighted by Gasteiger charge is 2.16. The molecule has 0 fully saturated rings. The number of halogens is 4. The summed E-state index contributed by atoms with van der Waals surface area (Å²) in [6.45, 7) is 3.36. The summed E-state index contributed by atoms with van der Waals surface area (Å²) in [6.07, 6.45) is -1.48. The van der Waals surface area contributed by atoms with Crippen molar-refractivity contribution >= 4 is 29.3 Å². The van der Waals surface area contributed by atoms with Gasteiger partial charge < -0.3 is 0 Å². The topological polar surface area (TPSA) is 12.9 Å². The number of nitrogens with zero attached hydrogens (tertiary/aromatic N) is 1. The van der Waals surface area contributed by atoms with Crippen LogP contribution in [0.1, 0.15) is 17.7 Å². The molecule has 0 atom stereocenters. The van der Waals surface area contributed by atoms with Gasteiger partial charge >= 0.3 is 0 Å². The third kappa shape index (κ3) is 2.17. The number of pyridine rings is 1. The molecule has 0 aliphatic rings. The van der Waals surface area contributed by atoms with Crippen molar-refractivity contribution in [2.75, 3.05) is 0 Å². The Morgan fingerprint density at radius 3 is 2.54 bits per heavy atom. The van der Waals surface area contributed by atoms with Gasteiger partial charge in [0.15, 0.2) is 0 Å². The molecule has 0 amide bonds. The van der Waals surface area contributed by atoms with E-state index in [0.717, 1.165) is 0 Å². The molecule has 1 aromatic heterocycles. The molecule has 1 nitrogen and oxygen atoms in total. The molecule has 1 aromatic rings. The van der Waals surface area contributed by atoms with Crippen molar-refractivity contribution in [1.29, 1.82) is 0 Å². The van der Waals surface area contributed by atoms with Crippen LogP contribution in [-0.4, -0.2) is 4.98 Å². The first-order valence-electron chi connectivity index (χ1n) is 3.32. The van der Waals surface area contributed by atoms with Gasteiger partial charge in [0.25, 0.3) is 6.43 Å². The summed E-state index contributed by atoms with van der Waals surface area (Å²) in [4.78, 5) is 3.46. The van der Waals surface area contributed by atoms with E-state index in [9.17, 15) is 8.78 Å². The average Bonchev–Trinajstić information content (AvgIpc) is 2.02. The Balaban J connectivity index is 3.38. The SMILES string of the molecule is C=Cc1c(Cl)cc(Cl)nc1C(F)F. The van der Waals surface area contributed by atoms with Crippen LogP contribution in [-0.2, 0) is 0 Å². The molecular weight excluding hydrogens is 219 g/mol. The lowest BCUT2D eigenvalue weighted by Crippen LogP contribution is -1.95. The highest BCUT2D eigenvalue weighted by atomic mass is 35.5. The summed E-state index contributed by atoms with van der Waals surface area (Å²) < 4.78 is 24.7. The lowest BCUT2D eigenvalue weighted by atomic mass is 10.2. The highest BCUT2D eigenvalue weighted by molar-refractivity contribution is 6.35. The Morgan fingerprint density at radius 2 is 2.08 bits per heavy atom. The van der Waals surface area contributed by atoms with E-state index in [0.29, 0.717) is 0 Å². The minimum absolute atomic E-state index is 0.0501. The van der Waals surface area contributed by atoms with Crippen molar-refractivity contribution < 1.29 is 8.78 Å². The van der Waals surface area contributed by atoms with Gasteiger partial charge in [-0.05, 0) is 6.07 Å². The molecule has 0 aliphatic carbocycles. The van der Waals surface area contributed by atoms with Crippen LogP contribution in [0.25, 0.3) is 6.08 Å². The number of hydrogen-bond donors (Lipinski definition) is 0. The van der Waals surface area contributed by atoms with E-state index in [2.05, 4.69) is 11.6 Å². The van der Waals surface area contributed by atoms with Crippen LogP contribution in [0.2, 0.25) is 10.2 Å². The van der Waals surface area contributed by atoms with Crippen molar-refractivity contribution in [3.05, 3.63) is 34.1 Å². The van der Waals surface area contributed by atoms with Crippen molar-refractivity contribution in [3.8, 4) is 0 Å². The van der Waals surface area contributed by atoms with E-state index < -0.39 is 12.1 Å². The summed E-state index contributed by atoms with van der Waals surface area (Å²) in [6, 6.07) is 1.30. The summed E-state index contributed by atoms with van der Waals surface area (Å²) in [5.74, 6) is 0. The molecule has 0 aliphatic heterocycles. The maximum absolute atomic E-state index is 12.3. The van der Waals surface area contributed by atoms with Crippen molar-refractivity contribution in [3.63, 3.8) is 0 Å². The Hall–Kier alpha value is -0.670. The van der Waals surface area contributed by atoms with Crippen LogP contribution in [0.15, 0.2) is 12.6 Å². The molecule has 13 heavy (non-hydrogen) atoms. The van der Waals surface area contributed by atoms with Gasteiger partial charge in [0.05, 0.1) is 5.02 Å². The van der Waals surface area contributed by atoms with Gasteiger partial charge in [-0.3, -0.25) is 0 Å². The molecule has 0 spiro atoms. The fraction of sp³-hybridized carbons (Fsp3) is 0.125. The fourth-order valence-electron chi connectivity index (χ4n) is 0.881. The lowest BCUT2D eigenvalue weighted by molar-refractivity contribution is 0.146. The third-order valence-electron chi connectivity index (χ3n) is 1.42. The molecule has 0 saturated heterocycles. The monoisotopic (exact) mass is 223 g/mol. The molecule has 0 unspecified atom stereocenters. The lowest BCUT2D eigenvalue weighted by Gasteiger charge is -2.06. The van der Waals surface area contributed by atoms with Gasteiger partial charge in [0.1, 0.15) is 10.8 Å². The maximum Gasteiger partial charge on any atom is 0.281 e. The first-order valence-corrected chi connectivity index (χ1v) is 4.08. The van der Waals surface area contributed by atoms with E-state index in [4.69, 9.17) is 23.2 Å². The molecule has 5 heteroatoms. The highest BCUT2D eigenvalue weighted by Crippen LogP contribution is 2.29. The molecule has 0 bridgehead atoms. The predicted molar refractivity (Wildman–Crippen MR) is 49.3 cm³/mol. The Labute approximate surface area is 84.0 Å². The summed E-state index contributed by atoms with van der Waals surface area (Å²) in [5, 5.41) is 0.0798. The average molecular weight is 224 g/mol. The zero-order chi connectivity index (χ0) is 10.0. The van der Waals surface area contributed by atoms with E-state index in [-0.39, 0.29) is 15.7 Å². The van der Waals surface area contributed by atoms with Gasteiger partial charge in [-0.2, -0.15) is 0 Å². The molecular formula is C8H5Cl2F2N. The molecule has 70 valence electrons. The van der Waals surface area contributed by atoms with Gasteiger partial charge in [-0.15, -0.1) is 0 Å². The summed E-state index contributed by atoms with van der Waals surface area (Å²) >= 11 is 11.1. The minimum Gasteiger partial charge on any atom is -0.234 e. The smallest absolute Gasteiger partial charge is 0.234 e. The van der Waals surface area contributed by atoms with Crippen LogP contribution < -0.4 is 0 Å². The number of rotatable bonds is 2. The second kappa shape index (κ2) is 4.03. The normalized spacial score (nSPS) is 10.5. The zero-order valence-electron chi connectivity index (χ0n) is 6.40. The van der Waals surface area contributed by atoms with E-state index in [1.165, 1.54) is 12.1 Å². The zero-order valence-corrected chi connectivity index (χ0v) is 7.91. The minimum atomic E-state index is -2.70. The predicted octanol–water partition coefficient (Wildman–Crippen LogP) is 3.97. The van der Waals surface area contributed by atoms with E-state index >= 15 is 0 Å². The second-order valence-electron chi connectivity index (χ2n) is 2.23. The van der Waals surface area contributed by atoms with Gasteiger partial charge in [-0.25, -0.2) is 13.8 Å². The Morgan fingerprint density at radius 1 is 1.46 bits per heavy atom. The number of aromatic nitrogens is 1. The Bertz CT molecular complexity index is 339. The first kappa shape index (κ1) is 10.4. The van der Waals surface area contributed by atoms with Crippen LogP contribution in [0, 0.1) is 0 Å². The summed E-state index contributed by atoms with van der Waals surface area (Å²) in [7, 11) is 0. The number of hydrogen-bond acceptors (Lipinski definition) is 1. The van der Waals surface area contributed by atoms with E-state index in [1.807, 2.05) is 0 Å². The molecule has 0 radical (unpaired) electrons. The summed E-state index contributed by atoms with van der Waals surface area (Å²) in [5.41, 5.74) is -0.312. The quantitative estimate of drug-likeness (QED) is 0.692. The number of alkyl halides is 2. The van der Waals surface area contributed by atoms with Crippen LogP contribution in [0.5, 0.6) is 0 Å². The maximum atomic E-state index is 12.3. The largest absolute Gasteiger partial charge is 0.281 e. The van der Waals surface area contributed by atoms with Gasteiger partial charge in [-0.1, -0.05) is 35.9 Å². The second-order valence-corrected chi connectivity index (χ2v) is 3.02. The molecule has 1 rings (SSSR count). The van der Waals surface area contributed by atoms with Crippen molar-refractivity contribution in [1.82, 2.24) is 4.98 Å². The molecule has 0 N–H and O–H groups in total. The third-order valence-corrected chi connectivity index (χ3v) is 1.92. The van der Waals surface area contributed by atoms with Gasteiger partial charge in [0.2, 0.25) is 0 Å². The van der Waals surface area contributed by atoms with Crippen molar-refractivity contribution in [2.24, 2.45) is 0 Å². The van der Waals surface area contributed by atoms with Gasteiger partial charge in [0, 0.05) is 5.56 Å². The molecule has 1 heterocycles. The van der Waals surface area contributed by atoms with E-state index in [1.54, 1.807) is 0 Å². The van der Waals surface area contributed by atoms with Crippen molar-refractivity contribution in [2.45, 2.75) is 6.43 Å². The van der Waals surface area contributed by atoms with Crippen LogP contribution >= 0.6 is 23.2 Å². The Kier molecular flexibility index (Phi) is 3.22. The van der Waals surface area contributed by atoms with Crippen LogP contribution in [0.4, 0.5) is 8.78 Å².